The zero-order valence-electron chi connectivity index (χ0n) is 10.5. The summed E-state index contributed by atoms with van der Waals surface area (Å²) in [6, 6.07) is -1.51. The quantitative estimate of drug-likeness (QED) is 0.286. The fourth-order valence-electron chi connectivity index (χ4n) is 1.18. The maximum Gasteiger partial charge on any atom is 0.328 e. The first kappa shape index (κ1) is 15.7. The molecule has 7 N–H and O–H groups in total. The standard InChI is InChI=1S/C6H6N2O2.C4H6N4O3/c9-6(10)2-1-5-3-7-4-8-5;5-3(10)6-1-2(9)8-4(11)7-1/h1-4H,(H,7,8)(H,9,10);1H,(H3,5,6,10)(H2,7,8,9,11). The number of urea groups is 2. The third-order valence-corrected chi connectivity index (χ3v) is 1.98. The summed E-state index contributed by atoms with van der Waals surface area (Å²) in [5.74, 6) is -1.59. The van der Waals surface area contributed by atoms with Crippen molar-refractivity contribution in [3.8, 4) is 0 Å². The van der Waals surface area contributed by atoms with Crippen molar-refractivity contribution in [2.24, 2.45) is 5.73 Å². The van der Waals surface area contributed by atoms with E-state index >= 15 is 0 Å². The number of amides is 5. The van der Waals surface area contributed by atoms with Gasteiger partial charge in [-0.05, 0) is 6.08 Å². The Balaban J connectivity index is 0.000000211. The lowest BCUT2D eigenvalue weighted by Crippen LogP contribution is -2.48. The van der Waals surface area contributed by atoms with E-state index in [1.54, 1.807) is 6.20 Å². The summed E-state index contributed by atoms with van der Waals surface area (Å²) in [6.07, 6.45) is 4.51. The number of imidazole rings is 1. The number of carbonyl (C=O) groups is 4. The minimum absolute atomic E-state index is 0.613. The molecule has 2 heterocycles. The third kappa shape index (κ3) is 5.87. The van der Waals surface area contributed by atoms with Crippen LogP contribution in [0, 0.1) is 0 Å². The molecule has 1 aromatic heterocycles. The second-order valence-corrected chi connectivity index (χ2v) is 3.57. The van der Waals surface area contributed by atoms with Gasteiger partial charge in [-0.25, -0.2) is 19.4 Å². The monoisotopic (exact) mass is 296 g/mol. The van der Waals surface area contributed by atoms with Crippen molar-refractivity contribution < 1.29 is 24.3 Å². The molecule has 112 valence electrons. The van der Waals surface area contributed by atoms with Gasteiger partial charge < -0.3 is 26.5 Å². The molecule has 0 spiro atoms. The second kappa shape index (κ2) is 7.28. The number of imide groups is 1. The van der Waals surface area contributed by atoms with Crippen LogP contribution >= 0.6 is 0 Å². The van der Waals surface area contributed by atoms with E-state index in [-0.39, 0.29) is 0 Å². The SMILES string of the molecule is NC(=O)NC1NC(=O)NC1=O.O=C(O)C=Cc1c[nH]cn1. The van der Waals surface area contributed by atoms with Gasteiger partial charge in [0.25, 0.3) is 5.91 Å². The minimum Gasteiger partial charge on any atom is -0.478 e. The summed E-state index contributed by atoms with van der Waals surface area (Å²) < 4.78 is 0. The van der Waals surface area contributed by atoms with Gasteiger partial charge in [-0.3, -0.25) is 10.1 Å². The van der Waals surface area contributed by atoms with Crippen molar-refractivity contribution in [1.29, 1.82) is 0 Å². The van der Waals surface area contributed by atoms with E-state index in [9.17, 15) is 19.2 Å². The lowest BCUT2D eigenvalue weighted by Gasteiger charge is -2.05. The molecule has 11 nitrogen and oxygen atoms in total. The largest absolute Gasteiger partial charge is 0.478 e. The highest BCUT2D eigenvalue weighted by molar-refractivity contribution is 6.05. The summed E-state index contributed by atoms with van der Waals surface area (Å²) in [5.41, 5.74) is 5.31. The van der Waals surface area contributed by atoms with E-state index < -0.39 is 30.1 Å². The van der Waals surface area contributed by atoms with E-state index in [0.29, 0.717) is 5.69 Å². The van der Waals surface area contributed by atoms with Crippen LogP contribution in [0.4, 0.5) is 9.59 Å². The van der Waals surface area contributed by atoms with Crippen LogP contribution in [0.2, 0.25) is 0 Å². The Morgan fingerprint density at radius 1 is 1.43 bits per heavy atom. The summed E-state index contributed by atoms with van der Waals surface area (Å²) >= 11 is 0. The van der Waals surface area contributed by atoms with Crippen molar-refractivity contribution in [2.75, 3.05) is 0 Å². The molecule has 1 saturated heterocycles. The van der Waals surface area contributed by atoms with Gasteiger partial charge >= 0.3 is 18.0 Å². The van der Waals surface area contributed by atoms with E-state index in [1.807, 2.05) is 10.6 Å². The minimum atomic E-state index is -1.04. The van der Waals surface area contributed by atoms with E-state index in [4.69, 9.17) is 10.8 Å². The first-order valence-electron chi connectivity index (χ1n) is 5.45. The van der Waals surface area contributed by atoms with Gasteiger partial charge in [0.15, 0.2) is 6.17 Å². The van der Waals surface area contributed by atoms with Gasteiger partial charge in [0, 0.05) is 12.3 Å². The van der Waals surface area contributed by atoms with Crippen molar-refractivity contribution in [3.05, 3.63) is 24.3 Å². The molecule has 0 aliphatic carbocycles. The lowest BCUT2D eigenvalue weighted by atomic mass is 10.4. The summed E-state index contributed by atoms with van der Waals surface area (Å²) in [7, 11) is 0. The van der Waals surface area contributed by atoms with Crippen molar-refractivity contribution in [1.82, 2.24) is 25.9 Å². The van der Waals surface area contributed by atoms with Crippen LogP contribution in [-0.4, -0.2) is 45.2 Å². The fourth-order valence-corrected chi connectivity index (χ4v) is 1.18. The number of carboxylic acid groups (broad SMARTS) is 1. The number of rotatable bonds is 3. The van der Waals surface area contributed by atoms with Gasteiger partial charge in [0.05, 0.1) is 12.0 Å². The molecule has 1 atom stereocenters. The molecule has 0 bridgehead atoms. The van der Waals surface area contributed by atoms with Gasteiger partial charge in [-0.15, -0.1) is 0 Å². The number of aliphatic carboxylic acids is 1. The van der Waals surface area contributed by atoms with Crippen LogP contribution in [0.5, 0.6) is 0 Å². The number of carbonyl (C=O) groups excluding carboxylic acids is 3. The van der Waals surface area contributed by atoms with Crippen molar-refractivity contribution in [3.63, 3.8) is 0 Å². The number of aromatic amines is 1. The number of H-pyrrole nitrogens is 1. The van der Waals surface area contributed by atoms with Crippen LogP contribution in [0.15, 0.2) is 18.6 Å². The van der Waals surface area contributed by atoms with Crippen molar-refractivity contribution in [2.45, 2.75) is 6.17 Å². The number of carboxylic acids is 1. The topological polar surface area (TPSA) is 179 Å². The number of primary amides is 1. The third-order valence-electron chi connectivity index (χ3n) is 1.98. The van der Waals surface area contributed by atoms with Gasteiger partial charge in [-0.1, -0.05) is 0 Å². The lowest BCUT2D eigenvalue weighted by molar-refractivity contribution is -0.131. The maximum atomic E-state index is 10.7. The molecule has 1 unspecified atom stereocenters. The van der Waals surface area contributed by atoms with Crippen LogP contribution < -0.4 is 21.7 Å². The first-order valence-corrected chi connectivity index (χ1v) is 5.45. The van der Waals surface area contributed by atoms with E-state index in [1.165, 1.54) is 12.4 Å². The summed E-state index contributed by atoms with van der Waals surface area (Å²) in [5, 5.41) is 14.2. The van der Waals surface area contributed by atoms with Crippen molar-refractivity contribution >= 4 is 30.0 Å². The molecule has 1 fully saturated rings. The van der Waals surface area contributed by atoms with Gasteiger partial charge in [-0.2, -0.15) is 0 Å². The Morgan fingerprint density at radius 2 is 2.14 bits per heavy atom. The normalized spacial score (nSPS) is 16.7. The van der Waals surface area contributed by atoms with E-state index in [0.717, 1.165) is 6.08 Å². The Hall–Kier alpha value is -3.37. The zero-order valence-corrected chi connectivity index (χ0v) is 10.5. The highest BCUT2D eigenvalue weighted by Gasteiger charge is 2.29. The summed E-state index contributed by atoms with van der Waals surface area (Å²) in [6.45, 7) is 0. The van der Waals surface area contributed by atoms with Gasteiger partial charge in [0.2, 0.25) is 0 Å². The molecule has 0 aromatic carbocycles. The fraction of sp³-hybridized carbons (Fsp3) is 0.100. The molecule has 0 saturated carbocycles. The molecule has 5 amide bonds. The number of nitrogens with zero attached hydrogens (tertiary/aromatic N) is 1. The Labute approximate surface area is 117 Å². The van der Waals surface area contributed by atoms with Crippen LogP contribution in [0.3, 0.4) is 0 Å². The predicted molar refractivity (Wildman–Crippen MR) is 68.4 cm³/mol. The predicted octanol–water partition coefficient (Wildman–Crippen LogP) is -1.67. The molecule has 1 aromatic rings. The highest BCUT2D eigenvalue weighted by atomic mass is 16.4. The first-order chi connectivity index (χ1) is 9.88. The number of nitrogens with two attached hydrogens (primary N) is 1. The number of hydrogen-bond donors (Lipinski definition) is 6. The van der Waals surface area contributed by atoms with Crippen LogP contribution in [-0.2, 0) is 9.59 Å². The summed E-state index contributed by atoms with van der Waals surface area (Å²) in [4.78, 5) is 47.7. The molecule has 1 aliphatic heterocycles. The average molecular weight is 296 g/mol. The Morgan fingerprint density at radius 3 is 2.57 bits per heavy atom. The molecule has 11 heteroatoms. The highest BCUT2D eigenvalue weighted by Crippen LogP contribution is 1.92. The van der Waals surface area contributed by atoms with Crippen LogP contribution in [0.25, 0.3) is 6.08 Å². The Kier molecular flexibility index (Phi) is 5.43. The molecule has 2 rings (SSSR count). The Bertz CT molecular complexity index is 567. The van der Waals surface area contributed by atoms with Crippen LogP contribution in [0.1, 0.15) is 5.69 Å². The number of hydrogen-bond acceptors (Lipinski definition) is 5. The van der Waals surface area contributed by atoms with Gasteiger partial charge in [0.1, 0.15) is 0 Å². The molecule has 0 radical (unpaired) electrons. The molecular weight excluding hydrogens is 284 g/mol. The smallest absolute Gasteiger partial charge is 0.328 e. The average Bonchev–Trinajstić information content (AvgIpc) is 2.98. The molecule has 21 heavy (non-hydrogen) atoms. The number of nitrogens with one attached hydrogen (secondary N) is 4. The van der Waals surface area contributed by atoms with E-state index in [2.05, 4.69) is 15.3 Å². The molecule has 1 aliphatic rings. The maximum absolute atomic E-state index is 10.7. The number of aromatic nitrogens is 2. The zero-order chi connectivity index (χ0) is 15.8. The second-order valence-electron chi connectivity index (χ2n) is 3.57. The molecular formula is C10H12N6O5.